The Morgan fingerprint density at radius 1 is 1.08 bits per heavy atom. The second kappa shape index (κ2) is 4.76. The van der Waals surface area contributed by atoms with Crippen LogP contribution in [-0.2, 0) is 4.79 Å². The quantitative estimate of drug-likeness (QED) is 0.666. The van der Waals surface area contributed by atoms with Crippen molar-refractivity contribution in [3.63, 3.8) is 0 Å². The highest BCUT2D eigenvalue weighted by Gasteiger charge is 2.78. The summed E-state index contributed by atoms with van der Waals surface area (Å²) in [4.78, 5) is 12.1. The highest BCUT2D eigenvalue weighted by Crippen LogP contribution is 2.82. The van der Waals surface area contributed by atoms with Crippen molar-refractivity contribution in [2.45, 2.75) is 77.5 Å². The van der Waals surface area contributed by atoms with Crippen molar-refractivity contribution in [2.24, 2.45) is 34.0 Å². The van der Waals surface area contributed by atoms with Gasteiger partial charge in [0.05, 0.1) is 11.7 Å². The van der Waals surface area contributed by atoms with Gasteiger partial charge in [-0.05, 0) is 84.5 Å². The molecular weight excluding hydrogens is 341 g/mol. The molecule has 0 aromatic heterocycles. The lowest BCUT2D eigenvalue weighted by molar-refractivity contribution is -0.137. The van der Waals surface area contributed by atoms with Gasteiger partial charge < -0.3 is 5.11 Å². The molecule has 5 aliphatic rings. The summed E-state index contributed by atoms with van der Waals surface area (Å²) < 4.78 is 41.0. The summed E-state index contributed by atoms with van der Waals surface area (Å²) in [5.74, 6) is 0.472. The molecule has 0 amide bonds. The van der Waals surface area contributed by atoms with Crippen molar-refractivity contribution in [3.05, 3.63) is 11.1 Å². The number of rotatable bonds is 0. The number of carbonyl (C=O) groups excluding carboxylic acids is 1. The number of Topliss-reactive ketones (excluding diaryl/α,β-unsaturated/α-hetero) is 1. The van der Waals surface area contributed by atoms with Crippen molar-refractivity contribution in [2.75, 3.05) is 0 Å². The molecule has 1 spiro atoms. The Hall–Kier alpha value is -0.840. The summed E-state index contributed by atoms with van der Waals surface area (Å²) in [6.07, 6.45) is 0.735. The third kappa shape index (κ3) is 1.77. The van der Waals surface area contributed by atoms with Crippen LogP contribution in [0.4, 0.5) is 13.2 Å². The molecule has 5 heteroatoms. The van der Waals surface area contributed by atoms with Crippen LogP contribution in [0, 0.1) is 34.0 Å². The zero-order valence-electron chi connectivity index (χ0n) is 15.5. The van der Waals surface area contributed by atoms with Crippen LogP contribution in [0.3, 0.4) is 0 Å². The van der Waals surface area contributed by atoms with Gasteiger partial charge in [-0.3, -0.25) is 4.79 Å². The van der Waals surface area contributed by atoms with E-state index in [1.807, 2.05) is 6.92 Å². The normalized spacial score (nSPS) is 52.9. The lowest BCUT2D eigenvalue weighted by Crippen LogP contribution is -2.54. The standard InChI is InChI=1S/C21H27F3O2/c1-18-7-6-15(25)17(21(22,23)24)14(18)4-3-13-12(18)5-8-19(2)16(26)9-11-10-20(11,13)19/h11-13,16,26H,3-10H2,1-2H3/t11-,12+,13-,16-,18-,19-,20+/m1/s1. The first kappa shape index (κ1) is 17.3. The molecular formula is C21H27F3O2. The van der Waals surface area contributed by atoms with E-state index in [0.29, 0.717) is 30.3 Å². The fraction of sp³-hybridized carbons (Fsp3) is 0.857. The molecule has 4 fully saturated rings. The fourth-order valence-electron chi connectivity index (χ4n) is 8.25. The number of hydrogen-bond donors (Lipinski definition) is 1. The summed E-state index contributed by atoms with van der Waals surface area (Å²) >= 11 is 0. The Bertz CT molecular complexity index is 725. The number of hydrogen-bond acceptors (Lipinski definition) is 2. The number of carbonyl (C=O) groups is 1. The molecule has 2 nitrogen and oxygen atoms in total. The Labute approximate surface area is 152 Å². The first-order chi connectivity index (χ1) is 12.1. The summed E-state index contributed by atoms with van der Waals surface area (Å²) in [5.41, 5.74) is -0.844. The average Bonchev–Trinajstić information content (AvgIpc) is 3.20. The second-order valence-corrected chi connectivity index (χ2v) is 10.1. The molecule has 0 aliphatic heterocycles. The van der Waals surface area contributed by atoms with Gasteiger partial charge in [0, 0.05) is 6.42 Å². The largest absolute Gasteiger partial charge is 0.419 e. The third-order valence-corrected chi connectivity index (χ3v) is 9.53. The van der Waals surface area contributed by atoms with Crippen molar-refractivity contribution < 1.29 is 23.1 Å². The molecule has 144 valence electrons. The van der Waals surface area contributed by atoms with Crippen LogP contribution in [0.5, 0.6) is 0 Å². The number of aliphatic hydroxyl groups excluding tert-OH is 1. The van der Waals surface area contributed by atoms with Gasteiger partial charge in [-0.25, -0.2) is 0 Å². The Balaban J connectivity index is 1.60. The molecule has 1 N–H and O–H groups in total. The van der Waals surface area contributed by atoms with Gasteiger partial charge in [-0.15, -0.1) is 0 Å². The molecule has 5 rings (SSSR count). The van der Waals surface area contributed by atoms with Crippen molar-refractivity contribution >= 4 is 5.78 Å². The first-order valence-electron chi connectivity index (χ1n) is 10.1. The zero-order chi connectivity index (χ0) is 18.7. The van der Waals surface area contributed by atoms with Crippen LogP contribution < -0.4 is 0 Å². The Kier molecular flexibility index (Phi) is 3.16. The maximum Gasteiger partial charge on any atom is 0.419 e. The van der Waals surface area contributed by atoms with Crippen molar-refractivity contribution in [3.8, 4) is 0 Å². The van der Waals surface area contributed by atoms with E-state index < -0.39 is 22.9 Å². The minimum atomic E-state index is -4.53. The minimum absolute atomic E-state index is 0.0222. The highest BCUT2D eigenvalue weighted by atomic mass is 19.4. The summed E-state index contributed by atoms with van der Waals surface area (Å²) in [5, 5.41) is 10.6. The molecule has 4 saturated carbocycles. The third-order valence-electron chi connectivity index (χ3n) is 9.53. The summed E-state index contributed by atoms with van der Waals surface area (Å²) in [7, 11) is 0. The lowest BCUT2D eigenvalue weighted by Gasteiger charge is -2.59. The van der Waals surface area contributed by atoms with Gasteiger partial charge in [0.2, 0.25) is 0 Å². The van der Waals surface area contributed by atoms with Gasteiger partial charge in [-0.2, -0.15) is 13.2 Å². The van der Waals surface area contributed by atoms with E-state index in [2.05, 4.69) is 6.92 Å². The van der Waals surface area contributed by atoms with Crippen molar-refractivity contribution in [1.29, 1.82) is 0 Å². The van der Waals surface area contributed by atoms with E-state index >= 15 is 0 Å². The Morgan fingerprint density at radius 3 is 2.50 bits per heavy atom. The number of allylic oxidation sites excluding steroid dienone is 1. The van der Waals surface area contributed by atoms with Crippen LogP contribution in [0.25, 0.3) is 0 Å². The molecule has 0 saturated heterocycles. The number of halogens is 3. The van der Waals surface area contributed by atoms with Crippen LogP contribution >= 0.6 is 0 Å². The molecule has 7 atom stereocenters. The van der Waals surface area contributed by atoms with Gasteiger partial charge in [0.1, 0.15) is 0 Å². The Morgan fingerprint density at radius 2 is 1.81 bits per heavy atom. The SMILES string of the molecule is C[C@]12CCC(=O)C(C(F)(F)F)=C1CC[C@@H]1[C@@H]2CC[C@]2(C)[C@H](O)C[C@@H]3C[C@]312. The zero-order valence-corrected chi connectivity index (χ0v) is 15.5. The number of aliphatic hydroxyl groups is 1. The van der Waals surface area contributed by atoms with Gasteiger partial charge in [0.15, 0.2) is 5.78 Å². The van der Waals surface area contributed by atoms with E-state index in [9.17, 15) is 23.1 Å². The van der Waals surface area contributed by atoms with E-state index in [4.69, 9.17) is 0 Å². The predicted octanol–water partition coefficient (Wildman–Crippen LogP) is 4.81. The van der Waals surface area contributed by atoms with E-state index in [1.54, 1.807) is 0 Å². The van der Waals surface area contributed by atoms with Gasteiger partial charge >= 0.3 is 6.18 Å². The minimum Gasteiger partial charge on any atom is -0.393 e. The summed E-state index contributed by atoms with van der Waals surface area (Å²) in [6, 6.07) is 0. The monoisotopic (exact) mass is 368 g/mol. The molecule has 0 bridgehead atoms. The molecule has 0 heterocycles. The van der Waals surface area contributed by atoms with Crippen molar-refractivity contribution in [1.82, 2.24) is 0 Å². The molecule has 0 aromatic rings. The first-order valence-corrected chi connectivity index (χ1v) is 10.1. The van der Waals surface area contributed by atoms with Gasteiger partial charge in [-0.1, -0.05) is 13.8 Å². The number of ketones is 1. The van der Waals surface area contributed by atoms with Gasteiger partial charge in [0.25, 0.3) is 0 Å². The number of alkyl halides is 3. The second-order valence-electron chi connectivity index (χ2n) is 10.1. The molecule has 5 aliphatic carbocycles. The predicted molar refractivity (Wildman–Crippen MR) is 90.1 cm³/mol. The summed E-state index contributed by atoms with van der Waals surface area (Å²) in [6.45, 7) is 4.22. The van der Waals surface area contributed by atoms with Crippen LogP contribution in [0.1, 0.15) is 65.2 Å². The van der Waals surface area contributed by atoms with E-state index in [1.165, 1.54) is 0 Å². The van der Waals surface area contributed by atoms with E-state index in [-0.39, 0.29) is 29.3 Å². The molecule has 26 heavy (non-hydrogen) atoms. The topological polar surface area (TPSA) is 37.3 Å². The lowest BCUT2D eigenvalue weighted by atomic mass is 9.45. The molecule has 0 unspecified atom stereocenters. The molecule has 0 radical (unpaired) electrons. The number of fused-ring (bicyclic) bond motifs is 3. The maximum atomic E-state index is 13.7. The fourth-order valence-corrected chi connectivity index (χ4v) is 8.25. The maximum absolute atomic E-state index is 13.7. The average molecular weight is 368 g/mol. The highest BCUT2D eigenvalue weighted by molar-refractivity contribution is 5.98. The molecule has 0 aromatic carbocycles. The van der Waals surface area contributed by atoms with Crippen LogP contribution in [0.15, 0.2) is 11.1 Å². The van der Waals surface area contributed by atoms with Crippen LogP contribution in [0.2, 0.25) is 0 Å². The smallest absolute Gasteiger partial charge is 0.393 e. The van der Waals surface area contributed by atoms with Crippen LogP contribution in [-0.4, -0.2) is 23.2 Å². The van der Waals surface area contributed by atoms with E-state index in [0.717, 1.165) is 32.1 Å².